The van der Waals surface area contributed by atoms with E-state index in [0.29, 0.717) is 40.3 Å². The van der Waals surface area contributed by atoms with Gasteiger partial charge >= 0.3 is 0 Å². The van der Waals surface area contributed by atoms with Crippen LogP contribution in [0.4, 0.5) is 0 Å². The highest BCUT2D eigenvalue weighted by atomic mass is 16.3. The number of aliphatic hydroxyl groups is 1. The predicted octanol–water partition coefficient (Wildman–Crippen LogP) is 7.20. The molecule has 0 aromatic heterocycles. The van der Waals surface area contributed by atoms with Gasteiger partial charge in [-0.1, -0.05) is 39.8 Å². The molecule has 5 aliphatic rings. The Balaban J connectivity index is 1.52. The van der Waals surface area contributed by atoms with Crippen molar-refractivity contribution in [1.29, 1.82) is 0 Å². The summed E-state index contributed by atoms with van der Waals surface area (Å²) in [6.07, 6.45) is 11.9. The van der Waals surface area contributed by atoms with E-state index >= 15 is 0 Å². The number of Topliss-reactive ketones (excluding diaryl/α,β-unsaturated/α-hetero) is 1. The summed E-state index contributed by atoms with van der Waals surface area (Å²) in [6.45, 7) is 18.5. The molecule has 0 aromatic rings. The van der Waals surface area contributed by atoms with Crippen LogP contribution in [0.25, 0.3) is 0 Å². The Bertz CT molecular complexity index is 812. The molecule has 5 saturated carbocycles. The van der Waals surface area contributed by atoms with Gasteiger partial charge in [0.1, 0.15) is 5.78 Å². The average molecular weight is 441 g/mol. The summed E-state index contributed by atoms with van der Waals surface area (Å²) in [5, 5.41) is 10.9. The molecule has 5 aliphatic carbocycles. The second-order valence-electron chi connectivity index (χ2n) is 14.1. The molecule has 0 heterocycles. The molecule has 0 saturated heterocycles. The number of carbonyl (C=O) groups excluding carboxylic acids is 1. The molecule has 0 spiro atoms. The quantitative estimate of drug-likeness (QED) is 0.461. The van der Waals surface area contributed by atoms with E-state index in [2.05, 4.69) is 41.2 Å². The van der Waals surface area contributed by atoms with Crippen LogP contribution in [0.1, 0.15) is 106 Å². The molecule has 0 aliphatic heterocycles. The van der Waals surface area contributed by atoms with Crippen molar-refractivity contribution in [2.45, 2.75) is 112 Å². The highest BCUT2D eigenvalue weighted by molar-refractivity contribution is 5.83. The normalized spacial score (nSPS) is 54.0. The summed E-state index contributed by atoms with van der Waals surface area (Å²) in [7, 11) is 0. The van der Waals surface area contributed by atoms with E-state index in [-0.39, 0.29) is 16.9 Å². The Hall–Kier alpha value is -0.630. The molecule has 0 radical (unpaired) electrons. The minimum atomic E-state index is -0.151. The van der Waals surface area contributed by atoms with Crippen LogP contribution in [0.5, 0.6) is 0 Å². The van der Waals surface area contributed by atoms with Crippen molar-refractivity contribution in [3.05, 3.63) is 12.2 Å². The number of fused-ring (bicyclic) bond motifs is 7. The maximum Gasteiger partial charge on any atom is 0.136 e. The van der Waals surface area contributed by atoms with Gasteiger partial charge in [-0.25, -0.2) is 0 Å². The summed E-state index contributed by atoms with van der Waals surface area (Å²) >= 11 is 0. The number of carbonyl (C=O) groups is 1. The number of ketones is 1. The van der Waals surface area contributed by atoms with Gasteiger partial charge < -0.3 is 5.11 Å². The molecule has 0 unspecified atom stereocenters. The van der Waals surface area contributed by atoms with Gasteiger partial charge in [0.15, 0.2) is 0 Å². The van der Waals surface area contributed by atoms with Crippen LogP contribution in [0.3, 0.4) is 0 Å². The maximum absolute atomic E-state index is 13.1. The molecule has 0 amide bonds. The van der Waals surface area contributed by atoms with E-state index in [1.54, 1.807) is 0 Å². The molecular formula is C30H48O2. The predicted molar refractivity (Wildman–Crippen MR) is 131 cm³/mol. The summed E-state index contributed by atoms with van der Waals surface area (Å²) in [6, 6.07) is 0. The number of hydrogen-bond donors (Lipinski definition) is 1. The molecule has 32 heavy (non-hydrogen) atoms. The lowest BCUT2D eigenvalue weighted by atomic mass is 9.36. The summed E-state index contributed by atoms with van der Waals surface area (Å²) < 4.78 is 0. The standard InChI is InChI=1S/C30H48O2/c1-18(2)20-10-16-30(19(3)31)17-11-22-21(26(20)30)8-9-24-28(22,6)14-12-23-27(4,5)25(32)13-15-29(23,24)7/h20-26,32H,1,8-17H2,2-7H3/t20-,21-,22+,23-,24-,25-,26+,28-,29-,30+/m0/s1. The zero-order valence-corrected chi connectivity index (χ0v) is 21.7. The molecular weight excluding hydrogens is 392 g/mol. The van der Waals surface area contributed by atoms with Gasteiger partial charge in [-0.2, -0.15) is 0 Å². The Morgan fingerprint density at radius 3 is 2.12 bits per heavy atom. The molecule has 2 heteroatoms. The smallest absolute Gasteiger partial charge is 0.136 e. The molecule has 0 bridgehead atoms. The van der Waals surface area contributed by atoms with Gasteiger partial charge in [0.05, 0.1) is 6.10 Å². The minimum absolute atomic E-state index is 0.0258. The van der Waals surface area contributed by atoms with E-state index < -0.39 is 0 Å². The first-order valence-corrected chi connectivity index (χ1v) is 13.7. The van der Waals surface area contributed by atoms with Gasteiger partial charge in [0.25, 0.3) is 0 Å². The van der Waals surface area contributed by atoms with Crippen LogP contribution < -0.4 is 0 Å². The van der Waals surface area contributed by atoms with Gasteiger partial charge in [-0.15, -0.1) is 0 Å². The van der Waals surface area contributed by atoms with Crippen molar-refractivity contribution in [2.75, 3.05) is 0 Å². The summed E-state index contributed by atoms with van der Waals surface area (Å²) in [5.41, 5.74) is 2.02. The first-order chi connectivity index (χ1) is 14.9. The van der Waals surface area contributed by atoms with E-state index in [1.807, 2.05) is 6.92 Å². The van der Waals surface area contributed by atoms with Crippen molar-refractivity contribution in [1.82, 2.24) is 0 Å². The highest BCUT2D eigenvalue weighted by Gasteiger charge is 2.67. The molecule has 2 nitrogen and oxygen atoms in total. The lowest BCUT2D eigenvalue weighted by Crippen LogP contribution is -2.63. The first-order valence-electron chi connectivity index (χ1n) is 13.7. The maximum atomic E-state index is 13.1. The Morgan fingerprint density at radius 2 is 1.47 bits per heavy atom. The number of hydrogen-bond acceptors (Lipinski definition) is 2. The fraction of sp³-hybridized carbons (Fsp3) is 0.900. The molecule has 0 aromatic carbocycles. The van der Waals surface area contributed by atoms with Gasteiger partial charge in [0.2, 0.25) is 0 Å². The lowest BCUT2D eigenvalue weighted by Gasteiger charge is -2.69. The van der Waals surface area contributed by atoms with Crippen LogP contribution in [0, 0.1) is 57.2 Å². The van der Waals surface area contributed by atoms with Gasteiger partial charge in [-0.05, 0) is 130 Å². The topological polar surface area (TPSA) is 37.3 Å². The van der Waals surface area contributed by atoms with Crippen LogP contribution in [-0.4, -0.2) is 17.0 Å². The molecule has 5 rings (SSSR count). The molecule has 180 valence electrons. The van der Waals surface area contributed by atoms with E-state index in [0.717, 1.165) is 31.1 Å². The van der Waals surface area contributed by atoms with Gasteiger partial charge in [-0.3, -0.25) is 4.79 Å². The lowest BCUT2D eigenvalue weighted by molar-refractivity contribution is -0.215. The zero-order valence-electron chi connectivity index (χ0n) is 21.7. The fourth-order valence-electron chi connectivity index (χ4n) is 11.4. The largest absolute Gasteiger partial charge is 0.393 e. The van der Waals surface area contributed by atoms with Crippen LogP contribution in [0.15, 0.2) is 12.2 Å². The Morgan fingerprint density at radius 1 is 0.812 bits per heavy atom. The second-order valence-corrected chi connectivity index (χ2v) is 14.1. The number of allylic oxidation sites excluding steroid dienone is 1. The first kappa shape index (κ1) is 23.1. The monoisotopic (exact) mass is 440 g/mol. The zero-order chi connectivity index (χ0) is 23.3. The third-order valence-electron chi connectivity index (χ3n) is 12.9. The Labute approximate surface area is 197 Å². The van der Waals surface area contributed by atoms with Crippen molar-refractivity contribution < 1.29 is 9.90 Å². The third kappa shape index (κ3) is 2.77. The third-order valence-corrected chi connectivity index (χ3v) is 12.9. The summed E-state index contributed by atoms with van der Waals surface area (Å²) in [4.78, 5) is 13.1. The van der Waals surface area contributed by atoms with E-state index in [1.165, 1.54) is 50.5 Å². The van der Waals surface area contributed by atoms with Crippen molar-refractivity contribution in [3.63, 3.8) is 0 Å². The summed E-state index contributed by atoms with van der Waals surface area (Å²) in [5.74, 6) is 4.38. The van der Waals surface area contributed by atoms with Crippen molar-refractivity contribution in [3.8, 4) is 0 Å². The van der Waals surface area contributed by atoms with Gasteiger partial charge in [0, 0.05) is 5.41 Å². The minimum Gasteiger partial charge on any atom is -0.393 e. The number of rotatable bonds is 2. The molecule has 10 atom stereocenters. The highest BCUT2D eigenvalue weighted by Crippen LogP contribution is 2.73. The van der Waals surface area contributed by atoms with Crippen LogP contribution in [0.2, 0.25) is 0 Å². The Kier molecular flexibility index (Phi) is 5.20. The van der Waals surface area contributed by atoms with Crippen LogP contribution in [-0.2, 0) is 4.79 Å². The molecule has 5 fully saturated rings. The van der Waals surface area contributed by atoms with Crippen molar-refractivity contribution in [2.24, 2.45) is 57.2 Å². The number of aliphatic hydroxyl groups excluding tert-OH is 1. The SMILES string of the molecule is C=C(C)[C@@H]1CC[C@]2(C(C)=O)CC[C@@H]3[C@H](CC[C@H]4[C@@]3(C)CC[C@H]3C(C)(C)[C@@H](O)CC[C@]43C)[C@@H]12. The van der Waals surface area contributed by atoms with Crippen LogP contribution >= 0.6 is 0 Å². The van der Waals surface area contributed by atoms with Crippen molar-refractivity contribution >= 4 is 5.78 Å². The second kappa shape index (κ2) is 7.19. The molecule has 1 N–H and O–H groups in total. The van der Waals surface area contributed by atoms with E-state index in [4.69, 9.17) is 0 Å². The van der Waals surface area contributed by atoms with E-state index in [9.17, 15) is 9.90 Å². The fourth-order valence-corrected chi connectivity index (χ4v) is 11.4. The average Bonchev–Trinajstić information content (AvgIpc) is 3.12.